The molecular formula is C17H21NO3. The van der Waals surface area contributed by atoms with Crippen LogP contribution in [0.1, 0.15) is 24.2 Å². The Bertz CT molecular complexity index is 557. The smallest absolute Gasteiger partial charge is 0.161 e. The Hall–Kier alpha value is -2.04. The Morgan fingerprint density at radius 1 is 1.05 bits per heavy atom. The summed E-state index contributed by atoms with van der Waals surface area (Å²) in [4.78, 5) is 0. The van der Waals surface area contributed by atoms with Gasteiger partial charge in [-0.15, -0.1) is 0 Å². The largest absolute Gasteiger partial charge is 0.490 e. The third kappa shape index (κ3) is 4.21. The van der Waals surface area contributed by atoms with E-state index in [9.17, 15) is 5.11 Å². The van der Waals surface area contributed by atoms with E-state index < -0.39 is 6.10 Å². The standard InChI is InChI=1S/C17H21NO3/c1-2-20-17-10-14(15(19)11-18)8-9-16(17)21-12-13-6-4-3-5-7-13/h3-10,15,19H,2,11-12,18H2,1H3. The van der Waals surface area contributed by atoms with Gasteiger partial charge in [-0.25, -0.2) is 0 Å². The predicted molar refractivity (Wildman–Crippen MR) is 82.4 cm³/mol. The Labute approximate surface area is 125 Å². The summed E-state index contributed by atoms with van der Waals surface area (Å²) < 4.78 is 11.4. The molecule has 1 atom stereocenters. The van der Waals surface area contributed by atoms with Crippen molar-refractivity contribution in [2.24, 2.45) is 5.73 Å². The van der Waals surface area contributed by atoms with Crippen molar-refractivity contribution in [3.8, 4) is 11.5 Å². The average molecular weight is 287 g/mol. The fourth-order valence-electron chi connectivity index (χ4n) is 1.99. The zero-order valence-electron chi connectivity index (χ0n) is 12.2. The van der Waals surface area contributed by atoms with Crippen LogP contribution in [0.25, 0.3) is 0 Å². The molecule has 0 fully saturated rings. The highest BCUT2D eigenvalue weighted by Gasteiger charge is 2.11. The molecule has 0 saturated heterocycles. The van der Waals surface area contributed by atoms with E-state index in [1.807, 2.05) is 43.3 Å². The number of benzene rings is 2. The lowest BCUT2D eigenvalue weighted by atomic mass is 10.1. The van der Waals surface area contributed by atoms with Gasteiger partial charge in [0.15, 0.2) is 11.5 Å². The van der Waals surface area contributed by atoms with Crippen molar-refractivity contribution in [3.63, 3.8) is 0 Å². The number of hydrogen-bond donors (Lipinski definition) is 2. The number of aliphatic hydroxyl groups excluding tert-OH is 1. The van der Waals surface area contributed by atoms with E-state index in [0.29, 0.717) is 24.7 Å². The minimum absolute atomic E-state index is 0.176. The molecular weight excluding hydrogens is 266 g/mol. The minimum atomic E-state index is -0.688. The van der Waals surface area contributed by atoms with E-state index in [4.69, 9.17) is 15.2 Å². The van der Waals surface area contributed by atoms with E-state index in [1.54, 1.807) is 12.1 Å². The van der Waals surface area contributed by atoms with Gasteiger partial charge in [-0.2, -0.15) is 0 Å². The van der Waals surface area contributed by atoms with Gasteiger partial charge in [0.1, 0.15) is 6.61 Å². The fourth-order valence-corrected chi connectivity index (χ4v) is 1.99. The van der Waals surface area contributed by atoms with Gasteiger partial charge >= 0.3 is 0 Å². The van der Waals surface area contributed by atoms with Gasteiger partial charge in [-0.05, 0) is 30.2 Å². The van der Waals surface area contributed by atoms with Crippen LogP contribution in [0.4, 0.5) is 0 Å². The van der Waals surface area contributed by atoms with Gasteiger partial charge in [0.2, 0.25) is 0 Å². The molecule has 112 valence electrons. The van der Waals surface area contributed by atoms with Crippen molar-refractivity contribution in [2.75, 3.05) is 13.2 Å². The summed E-state index contributed by atoms with van der Waals surface area (Å²) in [5.74, 6) is 1.28. The van der Waals surface area contributed by atoms with E-state index in [-0.39, 0.29) is 6.54 Å². The SMILES string of the molecule is CCOc1cc(C(O)CN)ccc1OCc1ccccc1. The van der Waals surface area contributed by atoms with Crippen molar-refractivity contribution in [2.45, 2.75) is 19.6 Å². The van der Waals surface area contributed by atoms with E-state index >= 15 is 0 Å². The molecule has 0 aromatic heterocycles. The van der Waals surface area contributed by atoms with Crippen LogP contribution >= 0.6 is 0 Å². The topological polar surface area (TPSA) is 64.7 Å². The number of nitrogens with two attached hydrogens (primary N) is 1. The first kappa shape index (κ1) is 15.4. The number of hydrogen-bond acceptors (Lipinski definition) is 4. The van der Waals surface area contributed by atoms with Crippen LogP contribution in [-0.2, 0) is 6.61 Å². The molecule has 0 aliphatic rings. The summed E-state index contributed by atoms with van der Waals surface area (Å²) >= 11 is 0. The second-order valence-electron chi connectivity index (χ2n) is 4.66. The molecule has 2 aromatic rings. The highest BCUT2D eigenvalue weighted by atomic mass is 16.5. The van der Waals surface area contributed by atoms with Crippen molar-refractivity contribution in [3.05, 3.63) is 59.7 Å². The Morgan fingerprint density at radius 2 is 1.81 bits per heavy atom. The third-order valence-corrected chi connectivity index (χ3v) is 3.11. The molecule has 0 radical (unpaired) electrons. The van der Waals surface area contributed by atoms with Gasteiger partial charge in [0, 0.05) is 6.54 Å². The Kier molecular flexibility index (Phi) is 5.60. The number of rotatable bonds is 7. The van der Waals surface area contributed by atoms with E-state index in [2.05, 4.69) is 0 Å². The highest BCUT2D eigenvalue weighted by Crippen LogP contribution is 2.31. The summed E-state index contributed by atoms with van der Waals surface area (Å²) in [6.07, 6.45) is -0.688. The normalized spacial score (nSPS) is 12.0. The van der Waals surface area contributed by atoms with Crippen molar-refractivity contribution in [1.82, 2.24) is 0 Å². The maximum atomic E-state index is 9.80. The number of ether oxygens (including phenoxy) is 2. The molecule has 4 heteroatoms. The van der Waals surface area contributed by atoms with Crippen LogP contribution in [0.2, 0.25) is 0 Å². The summed E-state index contributed by atoms with van der Waals surface area (Å²) in [5, 5.41) is 9.80. The summed E-state index contributed by atoms with van der Waals surface area (Å²) in [5.41, 5.74) is 7.30. The first-order valence-corrected chi connectivity index (χ1v) is 7.06. The van der Waals surface area contributed by atoms with E-state index in [0.717, 1.165) is 11.1 Å². The van der Waals surface area contributed by atoms with Crippen LogP contribution in [0.3, 0.4) is 0 Å². The molecule has 0 amide bonds. The minimum Gasteiger partial charge on any atom is -0.490 e. The molecule has 0 spiro atoms. The molecule has 2 rings (SSSR count). The van der Waals surface area contributed by atoms with Crippen molar-refractivity contribution in [1.29, 1.82) is 0 Å². The first-order valence-electron chi connectivity index (χ1n) is 7.06. The summed E-state index contributed by atoms with van der Waals surface area (Å²) in [6, 6.07) is 15.3. The second kappa shape index (κ2) is 7.67. The average Bonchev–Trinajstić information content (AvgIpc) is 2.54. The second-order valence-corrected chi connectivity index (χ2v) is 4.66. The van der Waals surface area contributed by atoms with Gasteiger partial charge in [-0.1, -0.05) is 36.4 Å². The molecule has 2 aromatic carbocycles. The Morgan fingerprint density at radius 3 is 2.48 bits per heavy atom. The number of aliphatic hydroxyl groups is 1. The van der Waals surface area contributed by atoms with Gasteiger partial charge < -0.3 is 20.3 Å². The maximum absolute atomic E-state index is 9.80. The molecule has 3 N–H and O–H groups in total. The lowest BCUT2D eigenvalue weighted by molar-refractivity contribution is 0.185. The highest BCUT2D eigenvalue weighted by molar-refractivity contribution is 5.43. The zero-order chi connectivity index (χ0) is 15.1. The lowest BCUT2D eigenvalue weighted by Crippen LogP contribution is -2.11. The Balaban J connectivity index is 2.14. The van der Waals surface area contributed by atoms with Crippen molar-refractivity contribution >= 4 is 0 Å². The molecule has 1 unspecified atom stereocenters. The van der Waals surface area contributed by atoms with Crippen LogP contribution < -0.4 is 15.2 Å². The summed E-state index contributed by atoms with van der Waals surface area (Å²) in [7, 11) is 0. The monoisotopic (exact) mass is 287 g/mol. The van der Waals surface area contributed by atoms with Crippen LogP contribution in [-0.4, -0.2) is 18.3 Å². The summed E-state index contributed by atoms with van der Waals surface area (Å²) in [6.45, 7) is 3.09. The molecule has 4 nitrogen and oxygen atoms in total. The maximum Gasteiger partial charge on any atom is 0.161 e. The quantitative estimate of drug-likeness (QED) is 0.821. The van der Waals surface area contributed by atoms with Crippen LogP contribution in [0.5, 0.6) is 11.5 Å². The molecule has 0 bridgehead atoms. The van der Waals surface area contributed by atoms with Crippen LogP contribution in [0.15, 0.2) is 48.5 Å². The zero-order valence-corrected chi connectivity index (χ0v) is 12.2. The fraction of sp³-hybridized carbons (Fsp3) is 0.294. The van der Waals surface area contributed by atoms with Gasteiger partial charge in [0.05, 0.1) is 12.7 Å². The molecule has 0 saturated carbocycles. The first-order chi connectivity index (χ1) is 10.2. The van der Waals surface area contributed by atoms with Gasteiger partial charge in [-0.3, -0.25) is 0 Å². The van der Waals surface area contributed by atoms with Gasteiger partial charge in [0.25, 0.3) is 0 Å². The van der Waals surface area contributed by atoms with Crippen LogP contribution in [0, 0.1) is 0 Å². The predicted octanol–water partition coefficient (Wildman–Crippen LogP) is 2.66. The molecule has 0 aliphatic carbocycles. The lowest BCUT2D eigenvalue weighted by Gasteiger charge is -2.15. The molecule has 0 heterocycles. The van der Waals surface area contributed by atoms with E-state index in [1.165, 1.54) is 0 Å². The van der Waals surface area contributed by atoms with Crippen molar-refractivity contribution < 1.29 is 14.6 Å². The molecule has 0 aliphatic heterocycles. The molecule has 21 heavy (non-hydrogen) atoms. The third-order valence-electron chi connectivity index (χ3n) is 3.11.